The molecule has 0 spiro atoms. The van der Waals surface area contributed by atoms with Crippen molar-refractivity contribution in [3.8, 4) is 5.75 Å². The van der Waals surface area contributed by atoms with Gasteiger partial charge >= 0.3 is 0 Å². The first kappa shape index (κ1) is 31.2. The van der Waals surface area contributed by atoms with E-state index in [9.17, 15) is 13.2 Å². The van der Waals surface area contributed by atoms with Crippen LogP contribution >= 0.6 is 0 Å². The van der Waals surface area contributed by atoms with Crippen LogP contribution in [0.4, 0.5) is 0 Å². The van der Waals surface area contributed by atoms with Gasteiger partial charge in [-0.1, -0.05) is 0 Å². The Morgan fingerprint density at radius 2 is 1.57 bits per heavy atom. The largest absolute Gasteiger partial charge is 0.497 e. The van der Waals surface area contributed by atoms with E-state index >= 15 is 0 Å². The fourth-order valence-corrected chi connectivity index (χ4v) is 8.01. The van der Waals surface area contributed by atoms with Gasteiger partial charge in [0.2, 0.25) is 15.9 Å². The molecule has 10 nitrogen and oxygen atoms in total. The molecule has 0 aromatic heterocycles. The number of piperidine rings is 1. The van der Waals surface area contributed by atoms with Gasteiger partial charge in [-0.2, -0.15) is 4.31 Å². The van der Waals surface area contributed by atoms with Gasteiger partial charge in [0.15, 0.2) is 0 Å². The van der Waals surface area contributed by atoms with Crippen LogP contribution in [-0.2, 0) is 24.3 Å². The number of likely N-dealkylation sites (N-methyl/N-ethyl adjacent to an activating group) is 2. The molecule has 0 saturated carbocycles. The maximum Gasteiger partial charge on any atom is 0.248 e. The fraction of sp³-hybridized carbons (Fsp3) is 0.759. The average molecular weight is 581 g/mol. The van der Waals surface area contributed by atoms with E-state index < -0.39 is 10.0 Å². The molecule has 3 heterocycles. The van der Waals surface area contributed by atoms with Gasteiger partial charge in [0.05, 0.1) is 18.6 Å². The smallest absolute Gasteiger partial charge is 0.248 e. The van der Waals surface area contributed by atoms with Crippen LogP contribution in [0.5, 0.6) is 5.75 Å². The van der Waals surface area contributed by atoms with Crippen molar-refractivity contribution in [1.29, 1.82) is 0 Å². The van der Waals surface area contributed by atoms with Crippen LogP contribution in [0, 0.1) is 13.8 Å². The number of methoxy groups -OCH3 is 1. The van der Waals surface area contributed by atoms with E-state index in [1.165, 1.54) is 24.2 Å². The molecular formula is C29H48N4O6S. The minimum atomic E-state index is -3.69. The highest BCUT2D eigenvalue weighted by molar-refractivity contribution is 7.89. The van der Waals surface area contributed by atoms with E-state index in [0.29, 0.717) is 29.0 Å². The number of sulfonamides is 1. The summed E-state index contributed by atoms with van der Waals surface area (Å²) in [5, 5.41) is 0. The van der Waals surface area contributed by atoms with Crippen molar-refractivity contribution in [2.24, 2.45) is 0 Å². The second-order valence-electron chi connectivity index (χ2n) is 11.5. The van der Waals surface area contributed by atoms with Gasteiger partial charge in [-0.15, -0.1) is 0 Å². The molecule has 0 N–H and O–H groups in total. The monoisotopic (exact) mass is 580 g/mol. The standard InChI is InChI=1S/C29H48N4O6S/c1-22-18-27(37-5)19-23(2)29(22)40(35,36)30(3)14-17-39-21-28(34)31(4)26-8-13-33(20-26)24-6-11-32(12-7-24)25-9-15-38-16-10-25/h18-19,24-26H,6-17,20-21H2,1-5H3. The van der Waals surface area contributed by atoms with Crippen LogP contribution in [0.3, 0.4) is 0 Å². The quantitative estimate of drug-likeness (QED) is 0.368. The normalized spacial score (nSPS) is 22.2. The molecule has 1 aromatic carbocycles. The molecule has 3 saturated heterocycles. The van der Waals surface area contributed by atoms with Crippen molar-refractivity contribution in [2.75, 3.05) is 80.4 Å². The number of likely N-dealkylation sites (tertiary alicyclic amines) is 2. The predicted octanol–water partition coefficient (Wildman–Crippen LogP) is 2.13. The lowest BCUT2D eigenvalue weighted by molar-refractivity contribution is -0.136. The molecule has 40 heavy (non-hydrogen) atoms. The van der Waals surface area contributed by atoms with Crippen LogP contribution in [-0.4, -0.2) is 132 Å². The number of hydrogen-bond donors (Lipinski definition) is 0. The Morgan fingerprint density at radius 3 is 2.20 bits per heavy atom. The maximum atomic E-state index is 13.2. The van der Waals surface area contributed by atoms with Crippen molar-refractivity contribution in [2.45, 2.75) is 69.0 Å². The van der Waals surface area contributed by atoms with Crippen LogP contribution in [0.25, 0.3) is 0 Å². The van der Waals surface area contributed by atoms with E-state index in [0.717, 1.165) is 58.7 Å². The van der Waals surface area contributed by atoms with Crippen molar-refractivity contribution in [1.82, 2.24) is 19.0 Å². The number of ether oxygens (including phenoxy) is 3. The number of rotatable bonds is 11. The van der Waals surface area contributed by atoms with E-state index in [1.54, 1.807) is 33.1 Å². The second-order valence-corrected chi connectivity index (χ2v) is 13.5. The van der Waals surface area contributed by atoms with Crippen LogP contribution < -0.4 is 4.74 Å². The molecule has 1 atom stereocenters. The molecule has 11 heteroatoms. The summed E-state index contributed by atoms with van der Waals surface area (Å²) in [6.45, 7) is 9.81. The Morgan fingerprint density at radius 1 is 0.975 bits per heavy atom. The Labute approximate surface area is 240 Å². The van der Waals surface area contributed by atoms with Gasteiger partial charge < -0.3 is 24.0 Å². The molecule has 0 aliphatic carbocycles. The first-order valence-electron chi connectivity index (χ1n) is 14.6. The number of amides is 1. The highest BCUT2D eigenvalue weighted by Crippen LogP contribution is 2.28. The number of carbonyl (C=O) groups excluding carboxylic acids is 1. The van der Waals surface area contributed by atoms with Gasteiger partial charge in [0, 0.05) is 65.1 Å². The summed E-state index contributed by atoms with van der Waals surface area (Å²) in [6, 6.07) is 4.91. The minimum absolute atomic E-state index is 0.0506. The van der Waals surface area contributed by atoms with E-state index in [4.69, 9.17) is 14.2 Å². The van der Waals surface area contributed by atoms with Crippen molar-refractivity contribution < 1.29 is 27.4 Å². The molecule has 0 bridgehead atoms. The van der Waals surface area contributed by atoms with E-state index in [-0.39, 0.29) is 36.6 Å². The van der Waals surface area contributed by atoms with E-state index in [1.807, 2.05) is 11.9 Å². The lowest BCUT2D eigenvalue weighted by Gasteiger charge is -2.41. The topological polar surface area (TPSA) is 91.9 Å². The molecule has 3 aliphatic heterocycles. The number of hydrogen-bond acceptors (Lipinski definition) is 8. The number of aryl methyl sites for hydroxylation is 2. The Bertz CT molecular complexity index is 1080. The third kappa shape index (κ3) is 7.35. The summed E-state index contributed by atoms with van der Waals surface area (Å²) in [5.74, 6) is 0.567. The lowest BCUT2D eigenvalue weighted by Crippen LogP contribution is -2.49. The SMILES string of the molecule is COc1cc(C)c(S(=O)(=O)N(C)CCOCC(=O)N(C)C2CCN(C3CCN(C4CCOCC4)CC3)C2)c(C)c1. The van der Waals surface area contributed by atoms with Crippen molar-refractivity contribution >= 4 is 15.9 Å². The first-order valence-corrected chi connectivity index (χ1v) is 16.1. The van der Waals surface area contributed by atoms with Gasteiger partial charge in [-0.3, -0.25) is 9.69 Å². The molecule has 3 fully saturated rings. The Balaban J connectivity index is 1.18. The summed E-state index contributed by atoms with van der Waals surface area (Å²) in [6.07, 6.45) is 5.66. The summed E-state index contributed by atoms with van der Waals surface area (Å²) in [5.41, 5.74) is 1.27. The summed E-state index contributed by atoms with van der Waals surface area (Å²) < 4.78 is 44.1. The van der Waals surface area contributed by atoms with Gasteiger partial charge in [-0.25, -0.2) is 8.42 Å². The highest BCUT2D eigenvalue weighted by atomic mass is 32.2. The van der Waals surface area contributed by atoms with Crippen LogP contribution in [0.15, 0.2) is 17.0 Å². The van der Waals surface area contributed by atoms with E-state index in [2.05, 4.69) is 9.80 Å². The molecule has 3 aliphatic rings. The zero-order valence-electron chi connectivity index (χ0n) is 24.9. The molecule has 1 unspecified atom stereocenters. The Hall–Kier alpha value is -1.76. The van der Waals surface area contributed by atoms with Crippen molar-refractivity contribution in [3.63, 3.8) is 0 Å². The average Bonchev–Trinajstić information content (AvgIpc) is 3.45. The predicted molar refractivity (Wildman–Crippen MR) is 154 cm³/mol. The third-order valence-electron chi connectivity index (χ3n) is 8.97. The van der Waals surface area contributed by atoms with Gasteiger partial charge in [0.1, 0.15) is 12.4 Å². The summed E-state index contributed by atoms with van der Waals surface area (Å²) >= 11 is 0. The number of carbonyl (C=O) groups is 1. The Kier molecular flexibility index (Phi) is 10.9. The van der Waals surface area contributed by atoms with Crippen LogP contribution in [0.2, 0.25) is 0 Å². The first-order chi connectivity index (χ1) is 19.1. The fourth-order valence-electron chi connectivity index (χ4n) is 6.45. The minimum Gasteiger partial charge on any atom is -0.497 e. The molecule has 1 aromatic rings. The number of benzene rings is 1. The summed E-state index contributed by atoms with van der Waals surface area (Å²) in [4.78, 5) is 20.2. The highest BCUT2D eigenvalue weighted by Gasteiger charge is 2.35. The molecule has 1 amide bonds. The lowest BCUT2D eigenvalue weighted by atomic mass is 9.99. The third-order valence-corrected chi connectivity index (χ3v) is 11.1. The molecular weight excluding hydrogens is 532 g/mol. The summed E-state index contributed by atoms with van der Waals surface area (Å²) in [7, 11) is 1.27. The van der Waals surface area contributed by atoms with Gasteiger partial charge in [-0.05, 0) is 82.3 Å². The molecule has 226 valence electrons. The number of nitrogens with zero attached hydrogens (tertiary/aromatic N) is 4. The van der Waals surface area contributed by atoms with Gasteiger partial charge in [0.25, 0.3) is 0 Å². The second kappa shape index (κ2) is 13.9. The molecule has 0 radical (unpaired) electrons. The van der Waals surface area contributed by atoms with Crippen molar-refractivity contribution in [3.05, 3.63) is 23.3 Å². The molecule has 4 rings (SSSR count). The van der Waals surface area contributed by atoms with Crippen LogP contribution in [0.1, 0.15) is 43.2 Å². The zero-order valence-corrected chi connectivity index (χ0v) is 25.7. The zero-order chi connectivity index (χ0) is 28.9. The maximum absolute atomic E-state index is 13.2.